The molecule has 10 heavy (non-hydrogen) atoms. The van der Waals surface area contributed by atoms with E-state index in [-0.39, 0.29) is 21.0 Å². The molecule has 0 amide bonds. The first kappa shape index (κ1) is 11.7. The van der Waals surface area contributed by atoms with Crippen molar-refractivity contribution < 1.29 is 42.4 Å². The van der Waals surface area contributed by atoms with E-state index in [1.807, 2.05) is 0 Å². The Kier molecular flexibility index (Phi) is 10.3. The monoisotopic (exact) mass is 479 g/mol. The fraction of sp³-hybridized carbons (Fsp3) is 0.667. The summed E-state index contributed by atoms with van der Waals surface area (Å²) in [4.78, 5) is 4.64. The Hall–Kier alpha value is 1.73. The molecule has 0 bridgehead atoms. The number of halogens is 3. The van der Waals surface area contributed by atoms with Crippen molar-refractivity contribution in [3.8, 4) is 0 Å². The Morgan fingerprint density at radius 3 is 2.70 bits per heavy atom. The molecule has 0 aromatic rings. The van der Waals surface area contributed by atoms with Gasteiger partial charge in [0.2, 0.25) is 0 Å². The number of hydrogen-bond donors (Lipinski definition) is 1. The van der Waals surface area contributed by atoms with Crippen molar-refractivity contribution in [3.63, 3.8) is 0 Å². The van der Waals surface area contributed by atoms with Crippen LogP contribution in [0, 0.1) is 3.56 Å². The van der Waals surface area contributed by atoms with Crippen molar-refractivity contribution in [2.24, 2.45) is 0 Å². The molecule has 64 valence electrons. The fourth-order valence-corrected chi connectivity index (χ4v) is 6.65. The quantitative estimate of drug-likeness (QED) is 0.312. The van der Waals surface area contributed by atoms with Gasteiger partial charge in [-0.2, -0.15) is 0 Å². The second kappa shape index (κ2) is 8.82. The van der Waals surface area contributed by atoms with E-state index in [0.717, 1.165) is 0 Å². The van der Waals surface area contributed by atoms with E-state index in [4.69, 9.17) is 3.56 Å². The van der Waals surface area contributed by atoms with Crippen molar-refractivity contribution in [3.05, 3.63) is 7.66 Å². The van der Waals surface area contributed by atoms with Crippen LogP contribution in [0.4, 0.5) is 0 Å². The van der Waals surface area contributed by atoms with Gasteiger partial charge in [0, 0.05) is 0 Å². The minimum absolute atomic E-state index is 0.309. The molecular weight excluding hydrogens is 467 g/mol. The van der Waals surface area contributed by atoms with Crippen LogP contribution >= 0.6 is 21.0 Å². The van der Waals surface area contributed by atoms with Gasteiger partial charge in [0.15, 0.2) is 0 Å². The molecule has 0 saturated carbocycles. The average molecular weight is 479 g/mol. The van der Waals surface area contributed by atoms with Crippen LogP contribution in [0.2, 0.25) is 0 Å². The van der Waals surface area contributed by atoms with Crippen LogP contribution in [0.1, 0.15) is 6.42 Å². The third-order valence-corrected chi connectivity index (χ3v) is 7.05. The Balaban J connectivity index is 3.59. The second-order valence-electron chi connectivity index (χ2n) is 1.56. The maximum atomic E-state index is 7.13. The van der Waals surface area contributed by atoms with Gasteiger partial charge in [-0.15, -0.1) is 0 Å². The van der Waals surface area contributed by atoms with Gasteiger partial charge >= 0.3 is 95.4 Å². The molecule has 0 saturated heterocycles. The molecule has 0 aliphatic carbocycles. The van der Waals surface area contributed by atoms with E-state index < -0.39 is 0 Å². The molecule has 4 heteroatoms. The summed E-state index contributed by atoms with van der Waals surface area (Å²) in [5.74, 6) is 0. The summed E-state index contributed by atoms with van der Waals surface area (Å²) in [5, 5.41) is 0. The van der Waals surface area contributed by atoms with Crippen molar-refractivity contribution in [1.82, 2.24) is 0 Å². The van der Waals surface area contributed by atoms with Crippen molar-refractivity contribution in [2.75, 3.05) is 14.3 Å². The number of allylic oxidation sites excluding steroid dienone is 1. The summed E-state index contributed by atoms with van der Waals surface area (Å²) >= 11 is 0.464. The predicted molar refractivity (Wildman–Crippen MR) is 46.2 cm³/mol. The summed E-state index contributed by atoms with van der Waals surface area (Å²) < 4.78 is 12.4. The van der Waals surface area contributed by atoms with Gasteiger partial charge < -0.3 is 0 Å². The summed E-state index contributed by atoms with van der Waals surface area (Å²) in [6, 6.07) is 0. The number of alkyl halides is 3. The molecule has 0 rings (SSSR count). The predicted octanol–water partition coefficient (Wildman–Crippen LogP) is -3.61. The van der Waals surface area contributed by atoms with Crippen molar-refractivity contribution >= 4 is 21.0 Å². The van der Waals surface area contributed by atoms with Gasteiger partial charge in [-0.05, 0) is 0 Å². The van der Waals surface area contributed by atoms with Crippen LogP contribution in [-0.4, -0.2) is 14.3 Å². The van der Waals surface area contributed by atoms with Gasteiger partial charge in [-0.25, -0.2) is 0 Å². The van der Waals surface area contributed by atoms with Gasteiger partial charge in [-0.1, -0.05) is 0 Å². The Morgan fingerprint density at radius 1 is 1.60 bits per heavy atom. The van der Waals surface area contributed by atoms with E-state index in [1.54, 1.807) is 3.58 Å². The summed E-state index contributed by atoms with van der Waals surface area (Å²) in [5.41, 5.74) is 0. The van der Waals surface area contributed by atoms with E-state index in [9.17, 15) is 0 Å². The molecule has 0 unspecified atom stereocenters. The molecule has 0 spiro atoms. The van der Waals surface area contributed by atoms with Crippen LogP contribution in [0.5, 0.6) is 0 Å². The van der Waals surface area contributed by atoms with Gasteiger partial charge in [0.25, 0.3) is 0 Å². The number of hydrogen-bond acceptors (Lipinski definition) is 1. The van der Waals surface area contributed by atoms with Crippen molar-refractivity contribution in [1.29, 1.82) is 3.56 Å². The Labute approximate surface area is 93.9 Å². The normalized spacial score (nSPS) is 12.8. The molecular formula is C6H12I3N-2. The molecule has 0 radical (unpaired) electrons. The molecule has 0 aliphatic heterocycles. The topological polar surface area (TPSA) is 23.9 Å². The molecule has 0 aliphatic rings. The van der Waals surface area contributed by atoms with Gasteiger partial charge in [-0.3, -0.25) is 0 Å². The van der Waals surface area contributed by atoms with Crippen LogP contribution in [0.3, 0.4) is 0 Å². The minimum atomic E-state index is -0.329. The van der Waals surface area contributed by atoms with Gasteiger partial charge in [0.1, 0.15) is 0 Å². The molecule has 0 aromatic heterocycles. The van der Waals surface area contributed by atoms with Gasteiger partial charge in [0.05, 0.1) is 0 Å². The summed E-state index contributed by atoms with van der Waals surface area (Å²) in [6.07, 6.45) is 1.33. The van der Waals surface area contributed by atoms with E-state index in [2.05, 4.69) is 13.9 Å². The number of rotatable bonds is 5. The van der Waals surface area contributed by atoms with Crippen LogP contribution < -0.4 is 42.4 Å². The molecule has 0 heterocycles. The first-order valence-electron chi connectivity index (χ1n) is 2.76. The first-order valence-corrected chi connectivity index (χ1v) is 12.0. The Bertz CT molecular complexity index is 122. The summed E-state index contributed by atoms with van der Waals surface area (Å²) in [7, 11) is 0. The van der Waals surface area contributed by atoms with Crippen LogP contribution in [0.15, 0.2) is 7.66 Å². The zero-order valence-electron chi connectivity index (χ0n) is 6.13. The third kappa shape index (κ3) is 6.44. The number of nitrogens with one attached hydrogen (secondary N) is 1. The van der Waals surface area contributed by atoms with E-state index >= 15 is 0 Å². The fourth-order valence-electron chi connectivity index (χ4n) is 0.434. The maximum absolute atomic E-state index is 7.13. The Morgan fingerprint density at radius 2 is 2.30 bits per heavy atom. The average Bonchev–Trinajstić information content (AvgIpc) is 1.98. The summed E-state index contributed by atoms with van der Waals surface area (Å²) in [6.45, 7) is 0. The SMILES string of the molecule is C[I-]CC/C(=C\I=N)[I-]C. The zero-order chi connectivity index (χ0) is 7.82. The van der Waals surface area contributed by atoms with E-state index in [0.29, 0.717) is 42.4 Å². The van der Waals surface area contributed by atoms with Crippen LogP contribution in [0.25, 0.3) is 0 Å². The molecule has 0 aromatic carbocycles. The standard InChI is InChI=1S/C6H12I3N/c1-7-4-3-6(8-2)5-9-10/h5,10H,3-4H2,1-2H3/q-2/b6-5+. The second-order valence-corrected chi connectivity index (χ2v) is 7.87. The molecule has 1 N–H and O–H groups in total. The van der Waals surface area contributed by atoms with Crippen LogP contribution in [-0.2, 0) is 0 Å². The van der Waals surface area contributed by atoms with E-state index in [1.165, 1.54) is 10.8 Å². The molecule has 1 nitrogen and oxygen atoms in total. The third-order valence-electron chi connectivity index (χ3n) is 0.938. The zero-order valence-corrected chi connectivity index (χ0v) is 12.6. The molecule has 0 fully saturated rings. The molecule has 0 atom stereocenters. The first-order chi connectivity index (χ1) is 4.85. The van der Waals surface area contributed by atoms with Crippen molar-refractivity contribution in [2.45, 2.75) is 6.42 Å².